The number of carbonyl (C=O) groups excluding carboxylic acids is 1. The molecule has 7 nitrogen and oxygen atoms in total. The van der Waals surface area contributed by atoms with E-state index in [4.69, 9.17) is 30.3 Å². The molecule has 0 spiro atoms. The Balaban J connectivity index is 1.51. The number of hydrogen-bond acceptors (Lipinski definition) is 6. The van der Waals surface area contributed by atoms with E-state index in [0.29, 0.717) is 28.8 Å². The van der Waals surface area contributed by atoms with Crippen molar-refractivity contribution in [1.29, 1.82) is 0 Å². The van der Waals surface area contributed by atoms with Gasteiger partial charge in [0.1, 0.15) is 18.1 Å². The van der Waals surface area contributed by atoms with E-state index >= 15 is 0 Å². The van der Waals surface area contributed by atoms with Gasteiger partial charge in [0.2, 0.25) is 0 Å². The normalized spacial score (nSPS) is 16.6. The molecule has 1 amide bonds. The number of ether oxygens (including phenoxy) is 3. The summed E-state index contributed by atoms with van der Waals surface area (Å²) in [5.74, 6) is 1.26. The van der Waals surface area contributed by atoms with E-state index in [9.17, 15) is 4.79 Å². The maximum absolute atomic E-state index is 12.0. The summed E-state index contributed by atoms with van der Waals surface area (Å²) in [7, 11) is 1.56. The molecular formula is C17H19ClN2O5. The highest BCUT2D eigenvalue weighted by molar-refractivity contribution is 6.32. The van der Waals surface area contributed by atoms with Crippen LogP contribution in [0.3, 0.4) is 0 Å². The molecule has 134 valence electrons. The minimum Gasteiger partial charge on any atom is -0.497 e. The number of nitrogens with one attached hydrogen (secondary N) is 1. The molecule has 0 aliphatic carbocycles. The van der Waals surface area contributed by atoms with Gasteiger partial charge in [-0.2, -0.15) is 0 Å². The molecule has 1 fully saturated rings. The first-order valence-corrected chi connectivity index (χ1v) is 8.35. The number of benzene rings is 1. The highest BCUT2D eigenvalue weighted by Gasteiger charge is 2.18. The van der Waals surface area contributed by atoms with E-state index in [1.54, 1.807) is 31.4 Å². The summed E-state index contributed by atoms with van der Waals surface area (Å²) >= 11 is 6.11. The Morgan fingerprint density at radius 3 is 3.04 bits per heavy atom. The molecule has 1 aliphatic rings. The van der Waals surface area contributed by atoms with Gasteiger partial charge in [-0.15, -0.1) is 0 Å². The van der Waals surface area contributed by atoms with Crippen LogP contribution in [-0.4, -0.2) is 37.4 Å². The number of rotatable bonds is 7. The van der Waals surface area contributed by atoms with Crippen LogP contribution in [0.25, 0.3) is 0 Å². The van der Waals surface area contributed by atoms with Crippen LogP contribution in [0.15, 0.2) is 28.8 Å². The van der Waals surface area contributed by atoms with Crippen molar-refractivity contribution >= 4 is 17.5 Å². The summed E-state index contributed by atoms with van der Waals surface area (Å²) in [5.41, 5.74) is 0.206. The van der Waals surface area contributed by atoms with Crippen LogP contribution in [0.5, 0.6) is 11.5 Å². The fraction of sp³-hybridized carbons (Fsp3) is 0.412. The largest absolute Gasteiger partial charge is 0.497 e. The lowest BCUT2D eigenvalue weighted by Gasteiger charge is -2.09. The highest BCUT2D eigenvalue weighted by Crippen LogP contribution is 2.29. The van der Waals surface area contributed by atoms with E-state index in [2.05, 4.69) is 10.5 Å². The second-order valence-corrected chi connectivity index (χ2v) is 6.02. The average Bonchev–Trinajstić information content (AvgIpc) is 3.30. The van der Waals surface area contributed by atoms with Gasteiger partial charge < -0.3 is 24.1 Å². The number of nitrogens with zero attached hydrogens (tertiary/aromatic N) is 1. The Morgan fingerprint density at radius 1 is 1.44 bits per heavy atom. The van der Waals surface area contributed by atoms with Gasteiger partial charge in [0, 0.05) is 25.3 Å². The zero-order valence-corrected chi connectivity index (χ0v) is 14.5. The lowest BCUT2D eigenvalue weighted by Crippen LogP contribution is -2.31. The van der Waals surface area contributed by atoms with Gasteiger partial charge in [-0.05, 0) is 25.0 Å². The predicted molar refractivity (Wildman–Crippen MR) is 90.1 cm³/mol. The molecule has 1 N–H and O–H groups in total. The van der Waals surface area contributed by atoms with E-state index in [-0.39, 0.29) is 24.3 Å². The minimum atomic E-state index is -0.298. The quantitative estimate of drug-likeness (QED) is 0.811. The van der Waals surface area contributed by atoms with Crippen LogP contribution >= 0.6 is 11.6 Å². The maximum atomic E-state index is 12.0. The Hall–Kier alpha value is -2.25. The summed E-state index contributed by atoms with van der Waals surface area (Å²) in [6, 6.07) is 6.64. The van der Waals surface area contributed by atoms with Crippen LogP contribution in [0.2, 0.25) is 5.02 Å². The van der Waals surface area contributed by atoms with Crippen LogP contribution in [0, 0.1) is 0 Å². The second kappa shape index (κ2) is 8.22. The third kappa shape index (κ3) is 4.64. The summed E-state index contributed by atoms with van der Waals surface area (Å²) < 4.78 is 21.3. The molecule has 25 heavy (non-hydrogen) atoms. The molecule has 1 aromatic heterocycles. The van der Waals surface area contributed by atoms with Gasteiger partial charge in [-0.3, -0.25) is 4.79 Å². The van der Waals surface area contributed by atoms with Crippen LogP contribution in [0.4, 0.5) is 0 Å². The monoisotopic (exact) mass is 366 g/mol. The number of aromatic nitrogens is 1. The first kappa shape index (κ1) is 17.6. The van der Waals surface area contributed by atoms with E-state index in [0.717, 1.165) is 19.4 Å². The van der Waals surface area contributed by atoms with E-state index in [1.807, 2.05) is 0 Å². The number of carbonyl (C=O) groups is 1. The van der Waals surface area contributed by atoms with Crippen molar-refractivity contribution in [3.8, 4) is 11.5 Å². The fourth-order valence-corrected chi connectivity index (χ4v) is 2.69. The lowest BCUT2D eigenvalue weighted by atomic mass is 10.2. The first-order valence-electron chi connectivity index (χ1n) is 7.97. The van der Waals surface area contributed by atoms with Crippen molar-refractivity contribution in [2.45, 2.75) is 25.6 Å². The average molecular weight is 367 g/mol. The Kier molecular flexibility index (Phi) is 5.78. The Bertz CT molecular complexity index is 728. The molecule has 0 unspecified atom stereocenters. The van der Waals surface area contributed by atoms with E-state index < -0.39 is 0 Å². The van der Waals surface area contributed by atoms with Crippen molar-refractivity contribution in [3.63, 3.8) is 0 Å². The molecule has 1 aliphatic heterocycles. The predicted octanol–water partition coefficient (Wildman–Crippen LogP) is 2.82. The fourth-order valence-electron chi connectivity index (χ4n) is 2.46. The molecule has 0 saturated carbocycles. The molecule has 1 atom stereocenters. The zero-order valence-electron chi connectivity index (χ0n) is 13.8. The highest BCUT2D eigenvalue weighted by atomic mass is 35.5. The third-order valence-corrected chi connectivity index (χ3v) is 4.11. The van der Waals surface area contributed by atoms with E-state index in [1.165, 1.54) is 0 Å². The van der Waals surface area contributed by atoms with Gasteiger partial charge in [0.05, 0.1) is 18.2 Å². The molecule has 1 aromatic carbocycles. The van der Waals surface area contributed by atoms with Crippen molar-refractivity contribution in [1.82, 2.24) is 10.5 Å². The van der Waals surface area contributed by atoms with Gasteiger partial charge >= 0.3 is 0 Å². The second-order valence-electron chi connectivity index (χ2n) is 5.61. The molecule has 1 saturated heterocycles. The summed E-state index contributed by atoms with van der Waals surface area (Å²) in [5, 5.41) is 6.97. The van der Waals surface area contributed by atoms with Gasteiger partial charge in [-0.1, -0.05) is 16.8 Å². The lowest BCUT2D eigenvalue weighted by molar-refractivity contribution is 0.0850. The van der Waals surface area contributed by atoms with Gasteiger partial charge in [0.25, 0.3) is 5.91 Å². The number of amides is 1. The molecular weight excluding hydrogens is 348 g/mol. The standard InChI is InChI=1S/C17H19ClN2O5/c1-22-11-4-5-16(14(18)7-11)24-10-13-8-15(20-25-13)17(21)19-9-12-3-2-6-23-12/h4-5,7-8,12H,2-3,6,9-10H2,1H3,(H,19,21)/t12-/m0/s1. The Labute approximate surface area is 150 Å². The number of methoxy groups -OCH3 is 1. The van der Waals surface area contributed by atoms with Gasteiger partial charge in [-0.25, -0.2) is 0 Å². The summed E-state index contributed by atoms with van der Waals surface area (Å²) in [6.45, 7) is 1.33. The molecule has 2 heterocycles. The van der Waals surface area contributed by atoms with Crippen molar-refractivity contribution in [2.24, 2.45) is 0 Å². The topological polar surface area (TPSA) is 82.8 Å². The van der Waals surface area contributed by atoms with Crippen LogP contribution in [0.1, 0.15) is 29.1 Å². The molecule has 2 aromatic rings. The molecule has 3 rings (SSSR count). The summed E-state index contributed by atoms with van der Waals surface area (Å²) in [6.07, 6.45) is 2.07. The SMILES string of the molecule is COc1ccc(OCc2cc(C(=O)NC[C@@H]3CCCO3)no2)c(Cl)c1. The molecule has 0 bridgehead atoms. The zero-order chi connectivity index (χ0) is 17.6. The molecule has 8 heteroatoms. The molecule has 0 radical (unpaired) electrons. The third-order valence-electron chi connectivity index (χ3n) is 3.81. The van der Waals surface area contributed by atoms with Crippen LogP contribution < -0.4 is 14.8 Å². The first-order chi connectivity index (χ1) is 12.2. The maximum Gasteiger partial charge on any atom is 0.273 e. The van der Waals surface area contributed by atoms with Crippen molar-refractivity contribution in [2.75, 3.05) is 20.3 Å². The van der Waals surface area contributed by atoms with Crippen LogP contribution in [-0.2, 0) is 11.3 Å². The van der Waals surface area contributed by atoms with Crippen molar-refractivity contribution < 1.29 is 23.5 Å². The van der Waals surface area contributed by atoms with Gasteiger partial charge in [0.15, 0.2) is 11.5 Å². The smallest absolute Gasteiger partial charge is 0.273 e. The Morgan fingerprint density at radius 2 is 2.32 bits per heavy atom. The van der Waals surface area contributed by atoms with Crippen molar-refractivity contribution in [3.05, 3.63) is 40.7 Å². The number of halogens is 1. The number of hydrogen-bond donors (Lipinski definition) is 1. The summed E-state index contributed by atoms with van der Waals surface area (Å²) in [4.78, 5) is 12.0. The minimum absolute atomic E-state index is 0.0795.